The normalized spacial score (nSPS) is 18.6. The highest BCUT2D eigenvalue weighted by Gasteiger charge is 2.27. The van der Waals surface area contributed by atoms with Gasteiger partial charge in [0.1, 0.15) is 0 Å². The molecule has 0 aromatic heterocycles. The van der Waals surface area contributed by atoms with Crippen LogP contribution in [0.1, 0.15) is 18.4 Å². The Morgan fingerprint density at radius 2 is 2.11 bits per heavy atom. The molecule has 0 spiro atoms. The minimum atomic E-state index is -0.801. The van der Waals surface area contributed by atoms with Crippen LogP contribution in [0, 0.1) is 5.92 Å². The van der Waals surface area contributed by atoms with Gasteiger partial charge in [0.15, 0.2) is 0 Å². The van der Waals surface area contributed by atoms with Gasteiger partial charge in [0.25, 0.3) is 0 Å². The Labute approximate surface area is 117 Å². The molecule has 0 saturated carbocycles. The number of nitrogens with zero attached hydrogens (tertiary/aromatic N) is 1. The van der Waals surface area contributed by atoms with Crippen molar-refractivity contribution in [2.24, 2.45) is 5.92 Å². The standard InChI is InChI=1S/C14H16ClNO3/c15-12-4-2-1-3-11(12)8-13(17)16-6-5-10(9-16)7-14(18)19/h1-4,10H,5-9H2,(H,18,19). The Morgan fingerprint density at radius 1 is 1.37 bits per heavy atom. The zero-order valence-corrected chi connectivity index (χ0v) is 11.3. The van der Waals surface area contributed by atoms with Crippen LogP contribution in [0.25, 0.3) is 0 Å². The van der Waals surface area contributed by atoms with Crippen molar-refractivity contribution in [2.75, 3.05) is 13.1 Å². The molecule has 0 bridgehead atoms. The van der Waals surface area contributed by atoms with Gasteiger partial charge in [-0.25, -0.2) is 0 Å². The van der Waals surface area contributed by atoms with Crippen molar-refractivity contribution < 1.29 is 14.7 Å². The Hall–Kier alpha value is -1.55. The van der Waals surface area contributed by atoms with E-state index in [0.717, 1.165) is 12.0 Å². The molecule has 102 valence electrons. The molecule has 1 aliphatic heterocycles. The highest BCUT2D eigenvalue weighted by atomic mass is 35.5. The average molecular weight is 282 g/mol. The Balaban J connectivity index is 1.91. The molecule has 1 saturated heterocycles. The van der Waals surface area contributed by atoms with Gasteiger partial charge in [-0.15, -0.1) is 0 Å². The Morgan fingerprint density at radius 3 is 2.79 bits per heavy atom. The maximum absolute atomic E-state index is 12.1. The maximum Gasteiger partial charge on any atom is 0.303 e. The van der Waals surface area contributed by atoms with Crippen LogP contribution in [0.15, 0.2) is 24.3 Å². The summed E-state index contributed by atoms with van der Waals surface area (Å²) in [5.74, 6) is -0.709. The molecule has 1 aromatic carbocycles. The van der Waals surface area contributed by atoms with E-state index in [9.17, 15) is 9.59 Å². The first kappa shape index (κ1) is 13.9. The third-order valence-corrected chi connectivity index (χ3v) is 3.77. The lowest BCUT2D eigenvalue weighted by Crippen LogP contribution is -2.30. The molecule has 1 unspecified atom stereocenters. The fraction of sp³-hybridized carbons (Fsp3) is 0.429. The number of aliphatic carboxylic acids is 1. The van der Waals surface area contributed by atoms with Gasteiger partial charge < -0.3 is 10.0 Å². The largest absolute Gasteiger partial charge is 0.481 e. The summed E-state index contributed by atoms with van der Waals surface area (Å²) in [4.78, 5) is 24.5. The first-order valence-electron chi connectivity index (χ1n) is 6.29. The van der Waals surface area contributed by atoms with Crippen LogP contribution in [0.4, 0.5) is 0 Å². The van der Waals surface area contributed by atoms with Gasteiger partial charge >= 0.3 is 5.97 Å². The van der Waals surface area contributed by atoms with E-state index in [-0.39, 0.29) is 24.7 Å². The number of amides is 1. The van der Waals surface area contributed by atoms with E-state index < -0.39 is 5.97 Å². The number of hydrogen-bond donors (Lipinski definition) is 1. The van der Waals surface area contributed by atoms with Gasteiger partial charge in [-0.2, -0.15) is 0 Å². The molecule has 1 aliphatic rings. The van der Waals surface area contributed by atoms with Crippen LogP contribution in [-0.4, -0.2) is 35.0 Å². The predicted octanol–water partition coefficient (Wildman–Crippen LogP) is 2.21. The number of rotatable bonds is 4. The van der Waals surface area contributed by atoms with Gasteiger partial charge in [-0.1, -0.05) is 29.8 Å². The van der Waals surface area contributed by atoms with Crippen LogP contribution in [0.5, 0.6) is 0 Å². The van der Waals surface area contributed by atoms with Crippen LogP contribution < -0.4 is 0 Å². The highest BCUT2D eigenvalue weighted by molar-refractivity contribution is 6.31. The monoisotopic (exact) mass is 281 g/mol. The molecule has 1 aromatic rings. The fourth-order valence-corrected chi connectivity index (χ4v) is 2.59. The number of carboxylic acids is 1. The van der Waals surface area contributed by atoms with E-state index in [4.69, 9.17) is 16.7 Å². The second-order valence-electron chi connectivity index (χ2n) is 4.86. The number of benzene rings is 1. The lowest BCUT2D eigenvalue weighted by atomic mass is 10.1. The molecular formula is C14H16ClNO3. The van der Waals surface area contributed by atoms with Crippen LogP contribution >= 0.6 is 11.6 Å². The second kappa shape index (κ2) is 6.06. The molecule has 1 amide bonds. The predicted molar refractivity (Wildman–Crippen MR) is 72.1 cm³/mol. The number of carboxylic acid groups (broad SMARTS) is 1. The average Bonchev–Trinajstić information content (AvgIpc) is 2.79. The van der Waals surface area contributed by atoms with E-state index in [1.807, 2.05) is 18.2 Å². The van der Waals surface area contributed by atoms with E-state index >= 15 is 0 Å². The van der Waals surface area contributed by atoms with Gasteiger partial charge in [0.05, 0.1) is 6.42 Å². The molecule has 4 nitrogen and oxygen atoms in total. The number of carbonyl (C=O) groups is 2. The lowest BCUT2D eigenvalue weighted by molar-refractivity contribution is -0.138. The van der Waals surface area contributed by atoms with E-state index in [0.29, 0.717) is 18.1 Å². The van der Waals surface area contributed by atoms with Crippen LogP contribution in [0.3, 0.4) is 0 Å². The summed E-state index contributed by atoms with van der Waals surface area (Å²) in [7, 11) is 0. The first-order chi connectivity index (χ1) is 9.06. The summed E-state index contributed by atoms with van der Waals surface area (Å²) in [5.41, 5.74) is 0.816. The summed E-state index contributed by atoms with van der Waals surface area (Å²) < 4.78 is 0. The smallest absolute Gasteiger partial charge is 0.303 e. The number of halogens is 1. The van der Waals surface area contributed by atoms with E-state index in [2.05, 4.69) is 0 Å². The summed E-state index contributed by atoms with van der Waals surface area (Å²) in [5, 5.41) is 9.34. The van der Waals surface area contributed by atoms with Gasteiger partial charge in [0.2, 0.25) is 5.91 Å². The minimum absolute atomic E-state index is 0.0148. The van der Waals surface area contributed by atoms with Gasteiger partial charge in [0, 0.05) is 24.5 Å². The summed E-state index contributed by atoms with van der Waals surface area (Å²) in [6.45, 7) is 1.18. The van der Waals surface area contributed by atoms with Crippen molar-refractivity contribution in [3.05, 3.63) is 34.9 Å². The van der Waals surface area contributed by atoms with Crippen molar-refractivity contribution in [1.82, 2.24) is 4.90 Å². The van der Waals surface area contributed by atoms with Crippen molar-refractivity contribution in [2.45, 2.75) is 19.3 Å². The van der Waals surface area contributed by atoms with Gasteiger partial charge in [-0.05, 0) is 24.0 Å². The van der Waals surface area contributed by atoms with Crippen molar-refractivity contribution in [3.8, 4) is 0 Å². The highest BCUT2D eigenvalue weighted by Crippen LogP contribution is 2.22. The topological polar surface area (TPSA) is 57.6 Å². The maximum atomic E-state index is 12.1. The molecule has 2 rings (SSSR count). The zero-order chi connectivity index (χ0) is 13.8. The van der Waals surface area contributed by atoms with Crippen molar-refractivity contribution in [1.29, 1.82) is 0 Å². The Kier molecular flexibility index (Phi) is 4.43. The molecular weight excluding hydrogens is 266 g/mol. The van der Waals surface area contributed by atoms with Crippen LogP contribution in [0.2, 0.25) is 5.02 Å². The quantitative estimate of drug-likeness (QED) is 0.920. The third kappa shape index (κ3) is 3.70. The summed E-state index contributed by atoms with van der Waals surface area (Å²) in [6, 6.07) is 7.28. The molecule has 5 heteroatoms. The first-order valence-corrected chi connectivity index (χ1v) is 6.67. The zero-order valence-electron chi connectivity index (χ0n) is 10.5. The van der Waals surface area contributed by atoms with Crippen molar-refractivity contribution >= 4 is 23.5 Å². The number of carbonyl (C=O) groups excluding carboxylic acids is 1. The SMILES string of the molecule is O=C(O)CC1CCN(C(=O)Cc2ccccc2Cl)C1. The molecule has 1 heterocycles. The molecule has 0 aliphatic carbocycles. The van der Waals surface area contributed by atoms with E-state index in [1.54, 1.807) is 11.0 Å². The van der Waals surface area contributed by atoms with E-state index in [1.165, 1.54) is 0 Å². The molecule has 19 heavy (non-hydrogen) atoms. The fourth-order valence-electron chi connectivity index (χ4n) is 2.39. The lowest BCUT2D eigenvalue weighted by Gasteiger charge is -2.16. The molecule has 1 fully saturated rings. The third-order valence-electron chi connectivity index (χ3n) is 3.40. The van der Waals surface area contributed by atoms with Crippen LogP contribution in [-0.2, 0) is 16.0 Å². The van der Waals surface area contributed by atoms with Crippen molar-refractivity contribution in [3.63, 3.8) is 0 Å². The second-order valence-corrected chi connectivity index (χ2v) is 5.27. The van der Waals surface area contributed by atoms with Gasteiger partial charge in [-0.3, -0.25) is 9.59 Å². The minimum Gasteiger partial charge on any atom is -0.481 e. The number of likely N-dealkylation sites (tertiary alicyclic amines) is 1. The Bertz CT molecular complexity index is 489. The molecule has 1 N–H and O–H groups in total. The number of hydrogen-bond acceptors (Lipinski definition) is 2. The molecule has 1 atom stereocenters. The summed E-state index contributed by atoms with van der Waals surface area (Å²) >= 11 is 6.02. The summed E-state index contributed by atoms with van der Waals surface area (Å²) in [6.07, 6.45) is 1.18. The molecule has 0 radical (unpaired) electrons.